The van der Waals surface area contributed by atoms with E-state index in [9.17, 15) is 9.90 Å². The van der Waals surface area contributed by atoms with Gasteiger partial charge in [-0.3, -0.25) is 4.79 Å². The average Bonchev–Trinajstić information content (AvgIpc) is 2.46. The molecule has 1 heterocycles. The summed E-state index contributed by atoms with van der Waals surface area (Å²) in [5.74, 6) is -0.190. The van der Waals surface area contributed by atoms with Gasteiger partial charge < -0.3 is 15.7 Å². The molecular formula is C18H28ClN3O2. The first-order valence-corrected chi connectivity index (χ1v) is 8.95. The van der Waals surface area contributed by atoms with Crippen LogP contribution in [0.5, 0.6) is 0 Å². The van der Waals surface area contributed by atoms with E-state index in [4.69, 9.17) is 17.3 Å². The van der Waals surface area contributed by atoms with E-state index >= 15 is 0 Å². The van der Waals surface area contributed by atoms with Crippen LogP contribution in [0.1, 0.15) is 63.7 Å². The summed E-state index contributed by atoms with van der Waals surface area (Å²) in [6.07, 6.45) is 5.30. The number of primary amides is 1. The number of hydrogen-bond acceptors (Lipinski definition) is 4. The van der Waals surface area contributed by atoms with Gasteiger partial charge in [-0.2, -0.15) is 0 Å². The van der Waals surface area contributed by atoms with E-state index in [1.807, 2.05) is 13.8 Å². The Morgan fingerprint density at radius 3 is 2.42 bits per heavy atom. The van der Waals surface area contributed by atoms with Gasteiger partial charge in [0.1, 0.15) is 5.15 Å². The lowest BCUT2D eigenvalue weighted by molar-refractivity contribution is -0.00176. The molecule has 3 N–H and O–H groups in total. The average molecular weight is 354 g/mol. The highest BCUT2D eigenvalue weighted by molar-refractivity contribution is 6.29. The van der Waals surface area contributed by atoms with Crippen LogP contribution in [-0.2, 0) is 0 Å². The van der Waals surface area contributed by atoms with Gasteiger partial charge in [-0.05, 0) is 65.4 Å². The molecule has 0 spiro atoms. The molecule has 1 aromatic heterocycles. The summed E-state index contributed by atoms with van der Waals surface area (Å²) < 4.78 is 0. The number of aromatic nitrogens is 1. The molecule has 0 unspecified atom stereocenters. The predicted molar refractivity (Wildman–Crippen MR) is 97.4 cm³/mol. The van der Waals surface area contributed by atoms with Crippen LogP contribution < -0.4 is 10.6 Å². The molecule has 1 saturated carbocycles. The second kappa shape index (κ2) is 7.28. The van der Waals surface area contributed by atoms with Crippen LogP contribution in [0.3, 0.4) is 0 Å². The van der Waals surface area contributed by atoms with Gasteiger partial charge >= 0.3 is 0 Å². The molecule has 0 aromatic carbocycles. The third kappa shape index (κ3) is 4.19. The molecule has 0 aliphatic heterocycles. The summed E-state index contributed by atoms with van der Waals surface area (Å²) in [5, 5.41) is 10.6. The minimum atomic E-state index is -0.647. The fraction of sp³-hybridized carbons (Fsp3) is 0.667. The highest BCUT2D eigenvalue weighted by Crippen LogP contribution is 2.37. The number of nitrogens with zero attached hydrogens (tertiary/aromatic N) is 2. The van der Waals surface area contributed by atoms with Crippen molar-refractivity contribution in [2.45, 2.75) is 71.1 Å². The fourth-order valence-corrected chi connectivity index (χ4v) is 3.93. The van der Waals surface area contributed by atoms with Crippen LogP contribution >= 0.6 is 11.6 Å². The lowest BCUT2D eigenvalue weighted by atomic mass is 9.76. The number of carbonyl (C=O) groups excluding carboxylic acids is 1. The first-order valence-electron chi connectivity index (χ1n) is 8.57. The standard InChI is InChI=1S/C18H28ClN3O2/c1-11(2)22(13-7-5-12(6-8-13)18(3,4)24)15-9-16(19)21-10-14(15)17(20)23/h9-13,24H,5-8H2,1-4H3,(H2,20,23). The quantitative estimate of drug-likeness (QED) is 0.795. The second-order valence-electron chi connectivity index (χ2n) is 7.55. The molecule has 134 valence electrons. The maximum atomic E-state index is 11.8. The number of nitrogens with two attached hydrogens (primary N) is 1. The first-order chi connectivity index (χ1) is 11.1. The number of hydrogen-bond donors (Lipinski definition) is 2. The van der Waals surface area contributed by atoms with Crippen molar-refractivity contribution in [2.75, 3.05) is 4.90 Å². The lowest BCUT2D eigenvalue weighted by Crippen LogP contribution is -2.46. The SMILES string of the molecule is CC(C)N(c1cc(Cl)ncc1C(N)=O)C1CCC(C(C)(C)O)CC1. The van der Waals surface area contributed by atoms with Crippen molar-refractivity contribution >= 4 is 23.2 Å². The Balaban J connectivity index is 2.29. The summed E-state index contributed by atoms with van der Waals surface area (Å²) in [6.45, 7) is 7.96. The number of amides is 1. The van der Waals surface area contributed by atoms with Gasteiger partial charge in [-0.15, -0.1) is 0 Å². The van der Waals surface area contributed by atoms with Crippen molar-refractivity contribution in [3.05, 3.63) is 23.0 Å². The molecule has 6 heteroatoms. The first kappa shape index (κ1) is 19.0. The van der Waals surface area contributed by atoms with Crippen LogP contribution in [0.2, 0.25) is 5.15 Å². The summed E-state index contributed by atoms with van der Waals surface area (Å²) in [7, 11) is 0. The number of halogens is 1. The van der Waals surface area contributed by atoms with E-state index in [1.165, 1.54) is 6.20 Å². The minimum Gasteiger partial charge on any atom is -0.390 e. The molecule has 0 saturated heterocycles. The van der Waals surface area contributed by atoms with Crippen LogP contribution in [0.15, 0.2) is 12.3 Å². The summed E-state index contributed by atoms with van der Waals surface area (Å²) in [4.78, 5) is 18.0. The summed E-state index contributed by atoms with van der Waals surface area (Å²) in [5.41, 5.74) is 6.04. The molecule has 0 bridgehead atoms. The topological polar surface area (TPSA) is 79.5 Å². The van der Waals surface area contributed by atoms with Gasteiger partial charge in [0.25, 0.3) is 5.91 Å². The molecule has 1 aliphatic carbocycles. The Labute approximate surface area is 149 Å². The minimum absolute atomic E-state index is 0.199. The van der Waals surface area contributed by atoms with E-state index in [1.54, 1.807) is 6.07 Å². The number of aliphatic hydroxyl groups is 1. The smallest absolute Gasteiger partial charge is 0.252 e. The maximum absolute atomic E-state index is 11.8. The third-order valence-electron chi connectivity index (χ3n) is 5.04. The van der Waals surface area contributed by atoms with Crippen molar-refractivity contribution in [1.82, 2.24) is 4.98 Å². The Morgan fingerprint density at radius 2 is 1.96 bits per heavy atom. The van der Waals surface area contributed by atoms with Crippen LogP contribution in [0.4, 0.5) is 5.69 Å². The van der Waals surface area contributed by atoms with Crippen LogP contribution in [0.25, 0.3) is 0 Å². The molecule has 0 radical (unpaired) electrons. The van der Waals surface area contributed by atoms with Gasteiger partial charge in [0.15, 0.2) is 0 Å². The third-order valence-corrected chi connectivity index (χ3v) is 5.24. The number of rotatable bonds is 5. The molecule has 1 aliphatic rings. The molecule has 0 atom stereocenters. The van der Waals surface area contributed by atoms with Gasteiger partial charge in [-0.25, -0.2) is 4.98 Å². The molecule has 5 nitrogen and oxygen atoms in total. The zero-order chi connectivity index (χ0) is 18.1. The van der Waals surface area contributed by atoms with Crippen molar-refractivity contribution in [3.8, 4) is 0 Å². The summed E-state index contributed by atoms with van der Waals surface area (Å²) in [6, 6.07) is 2.22. The molecular weight excluding hydrogens is 326 g/mol. The van der Waals surface area contributed by atoms with Crippen molar-refractivity contribution in [3.63, 3.8) is 0 Å². The Kier molecular flexibility index (Phi) is 5.76. The Bertz CT molecular complexity index is 590. The van der Waals surface area contributed by atoms with E-state index in [0.717, 1.165) is 31.4 Å². The molecule has 2 rings (SSSR count). The van der Waals surface area contributed by atoms with Crippen molar-refractivity contribution in [2.24, 2.45) is 11.7 Å². The maximum Gasteiger partial charge on any atom is 0.252 e. The van der Waals surface area contributed by atoms with E-state index in [2.05, 4.69) is 23.7 Å². The lowest BCUT2D eigenvalue weighted by Gasteiger charge is -2.43. The molecule has 1 amide bonds. The van der Waals surface area contributed by atoms with Crippen molar-refractivity contribution in [1.29, 1.82) is 0 Å². The predicted octanol–water partition coefficient (Wildman–Crippen LogP) is 3.38. The normalized spacial score (nSPS) is 21.8. The highest BCUT2D eigenvalue weighted by Gasteiger charge is 2.35. The van der Waals surface area contributed by atoms with Gasteiger partial charge in [-0.1, -0.05) is 11.6 Å². The molecule has 1 aromatic rings. The monoisotopic (exact) mass is 353 g/mol. The van der Waals surface area contributed by atoms with Gasteiger partial charge in [0, 0.05) is 18.3 Å². The van der Waals surface area contributed by atoms with Crippen LogP contribution in [-0.4, -0.2) is 33.7 Å². The zero-order valence-corrected chi connectivity index (χ0v) is 15.7. The van der Waals surface area contributed by atoms with Gasteiger partial charge in [0.05, 0.1) is 16.9 Å². The number of carbonyl (C=O) groups is 1. The Hall–Kier alpha value is -1.33. The van der Waals surface area contributed by atoms with Crippen molar-refractivity contribution < 1.29 is 9.90 Å². The van der Waals surface area contributed by atoms with E-state index < -0.39 is 11.5 Å². The molecule has 1 fully saturated rings. The Morgan fingerprint density at radius 1 is 1.38 bits per heavy atom. The second-order valence-corrected chi connectivity index (χ2v) is 7.94. The van der Waals surface area contributed by atoms with E-state index in [-0.39, 0.29) is 6.04 Å². The van der Waals surface area contributed by atoms with Gasteiger partial charge in [0.2, 0.25) is 0 Å². The van der Waals surface area contributed by atoms with E-state index in [0.29, 0.717) is 22.7 Å². The zero-order valence-electron chi connectivity index (χ0n) is 14.9. The summed E-state index contributed by atoms with van der Waals surface area (Å²) >= 11 is 6.07. The largest absolute Gasteiger partial charge is 0.390 e. The van der Waals surface area contributed by atoms with Crippen LogP contribution in [0, 0.1) is 5.92 Å². The fourth-order valence-electron chi connectivity index (χ4n) is 3.78. The molecule has 24 heavy (non-hydrogen) atoms. The number of anilines is 1. The highest BCUT2D eigenvalue weighted by atomic mass is 35.5. The number of pyridine rings is 1.